The lowest BCUT2D eigenvalue weighted by Gasteiger charge is -2.28. The van der Waals surface area contributed by atoms with E-state index < -0.39 is 56.4 Å². The van der Waals surface area contributed by atoms with Gasteiger partial charge >= 0.3 is 13.7 Å². The van der Waals surface area contributed by atoms with E-state index in [9.17, 15) is 20.0 Å². The van der Waals surface area contributed by atoms with Gasteiger partial charge in [-0.2, -0.15) is 15.1 Å². The van der Waals surface area contributed by atoms with Crippen molar-refractivity contribution in [2.24, 2.45) is 5.11 Å². The number of para-hydroxylation sites is 1. The number of esters is 1. The number of nitrogens with one attached hydrogen (secondary N) is 1. The Morgan fingerprint density at radius 2 is 2.05 bits per heavy atom. The molecule has 0 saturated carbocycles. The largest absolute Gasteiger partial charge is 0.476 e. The highest BCUT2D eigenvalue weighted by molar-refractivity contribution is 7.52. The molecular weight excluding hydrogens is 585 g/mol. The highest BCUT2D eigenvalue weighted by Gasteiger charge is 2.55. The van der Waals surface area contributed by atoms with Crippen LogP contribution in [0, 0.1) is 0 Å². The van der Waals surface area contributed by atoms with Gasteiger partial charge in [0.05, 0.1) is 31.7 Å². The van der Waals surface area contributed by atoms with Crippen molar-refractivity contribution in [2.75, 3.05) is 18.9 Å². The zero-order chi connectivity index (χ0) is 31.4. The molecule has 0 bridgehead atoms. The van der Waals surface area contributed by atoms with E-state index in [-0.39, 0.29) is 28.7 Å². The molecule has 1 aliphatic rings. The molecule has 4 rings (SSSR count). The summed E-state index contributed by atoms with van der Waals surface area (Å²) in [7, 11) is -4.29. The lowest BCUT2D eigenvalue weighted by Crippen LogP contribution is -2.43. The Morgan fingerprint density at radius 1 is 1.33 bits per heavy atom. The first-order chi connectivity index (χ1) is 20.4. The van der Waals surface area contributed by atoms with Gasteiger partial charge in [0, 0.05) is 4.91 Å². The van der Waals surface area contributed by atoms with Crippen molar-refractivity contribution in [2.45, 2.75) is 70.7 Å². The Labute approximate surface area is 246 Å². The second-order valence-electron chi connectivity index (χ2n) is 10.1. The van der Waals surface area contributed by atoms with Gasteiger partial charge in [0.25, 0.3) is 0 Å². The van der Waals surface area contributed by atoms with Gasteiger partial charge in [-0.15, -0.1) is 0 Å². The number of nitrogen functional groups attached to an aromatic ring is 1. The molecule has 1 unspecified atom stereocenters. The Hall–Kier alpha value is -3.98. The molecule has 6 atom stereocenters. The Kier molecular flexibility index (Phi) is 9.75. The lowest BCUT2D eigenvalue weighted by molar-refractivity contribution is -0.149. The van der Waals surface area contributed by atoms with Gasteiger partial charge in [-0.25, -0.2) is 9.55 Å². The number of carbonyl (C=O) groups excluding carboxylic acids is 1. The minimum atomic E-state index is -4.29. The highest BCUT2D eigenvalue weighted by Crippen LogP contribution is 2.48. The number of anilines is 1. The fourth-order valence-corrected chi connectivity index (χ4v) is 5.91. The smallest absolute Gasteiger partial charge is 0.459 e. The molecule has 4 N–H and O–H groups in total. The van der Waals surface area contributed by atoms with Crippen LogP contribution in [0.5, 0.6) is 11.6 Å². The normalized spacial score (nSPS) is 23.8. The molecule has 3 heterocycles. The van der Waals surface area contributed by atoms with Crippen LogP contribution in [-0.2, 0) is 23.4 Å². The maximum atomic E-state index is 13.9. The van der Waals surface area contributed by atoms with Gasteiger partial charge in [0.15, 0.2) is 17.4 Å². The zero-order valence-electron chi connectivity index (χ0n) is 24.2. The fourth-order valence-electron chi connectivity index (χ4n) is 4.40. The second kappa shape index (κ2) is 13.1. The van der Waals surface area contributed by atoms with Crippen LogP contribution < -0.4 is 20.1 Å². The van der Waals surface area contributed by atoms with Gasteiger partial charge < -0.3 is 29.6 Å². The topological polar surface area (TPSA) is 231 Å². The molecule has 18 heteroatoms. The molecule has 1 fully saturated rings. The maximum absolute atomic E-state index is 13.9. The summed E-state index contributed by atoms with van der Waals surface area (Å²) in [6, 6.07) is 7.09. The van der Waals surface area contributed by atoms with Crippen molar-refractivity contribution in [3.05, 3.63) is 47.1 Å². The van der Waals surface area contributed by atoms with E-state index >= 15 is 0 Å². The van der Waals surface area contributed by atoms with E-state index in [0.29, 0.717) is 6.61 Å². The molecule has 17 nitrogen and oxygen atoms in total. The van der Waals surface area contributed by atoms with Gasteiger partial charge in [-0.1, -0.05) is 23.3 Å². The van der Waals surface area contributed by atoms with E-state index in [1.165, 1.54) is 24.7 Å². The molecule has 1 aromatic carbocycles. The van der Waals surface area contributed by atoms with Crippen LogP contribution in [0.2, 0.25) is 0 Å². The summed E-state index contributed by atoms with van der Waals surface area (Å²) in [6.45, 7) is 7.83. The number of nitrogens with zero attached hydrogens (tertiary/aromatic N) is 7. The molecule has 3 aromatic rings. The summed E-state index contributed by atoms with van der Waals surface area (Å²) < 4.78 is 43.6. The van der Waals surface area contributed by atoms with Crippen LogP contribution in [0.1, 0.15) is 40.8 Å². The molecule has 2 aromatic heterocycles. The SMILES string of the molecule is CCOc1nc(N)nc2c1ncn2[C@@H]1O[C@H](COP(=O)(N[C@@H](C)C(=O)OC(C)C)Oc2ccccc2)[C@@H](O)[C@@]1(C)N=[N+]=[N-]. The third-order valence-corrected chi connectivity index (χ3v) is 8.03. The van der Waals surface area contributed by atoms with Crippen LogP contribution in [0.15, 0.2) is 41.8 Å². The number of carbonyl (C=O) groups is 1. The summed E-state index contributed by atoms with van der Waals surface area (Å²) in [4.78, 5) is 28.0. The third kappa shape index (κ3) is 6.99. The number of hydrogen-bond donors (Lipinski definition) is 3. The number of ether oxygens (including phenoxy) is 3. The van der Waals surface area contributed by atoms with Gasteiger partial charge in [-0.05, 0) is 52.3 Å². The molecule has 1 aliphatic heterocycles. The number of aromatic nitrogens is 4. The van der Waals surface area contributed by atoms with Crippen LogP contribution in [0.4, 0.5) is 5.95 Å². The predicted molar refractivity (Wildman–Crippen MR) is 153 cm³/mol. The number of aliphatic hydroxyl groups is 1. The zero-order valence-corrected chi connectivity index (χ0v) is 25.1. The molecule has 0 aliphatic carbocycles. The first-order valence-electron chi connectivity index (χ1n) is 13.4. The van der Waals surface area contributed by atoms with Crippen molar-refractivity contribution in [3.63, 3.8) is 0 Å². The van der Waals surface area contributed by atoms with Gasteiger partial charge in [0.2, 0.25) is 11.8 Å². The number of rotatable bonds is 13. The van der Waals surface area contributed by atoms with Crippen LogP contribution >= 0.6 is 7.75 Å². The number of aliphatic hydroxyl groups excluding tert-OH is 1. The minimum Gasteiger partial charge on any atom is -0.476 e. The van der Waals surface area contributed by atoms with Crippen molar-refractivity contribution < 1.29 is 37.7 Å². The fraction of sp³-hybridized carbons (Fsp3) is 0.520. The third-order valence-electron chi connectivity index (χ3n) is 6.39. The number of benzene rings is 1. The van der Waals surface area contributed by atoms with E-state index in [1.807, 2.05) is 0 Å². The van der Waals surface area contributed by atoms with Crippen LogP contribution in [0.3, 0.4) is 0 Å². The van der Waals surface area contributed by atoms with Crippen molar-refractivity contribution in [1.82, 2.24) is 24.6 Å². The van der Waals surface area contributed by atoms with Crippen molar-refractivity contribution in [1.29, 1.82) is 0 Å². The maximum Gasteiger partial charge on any atom is 0.459 e. The number of fused-ring (bicyclic) bond motifs is 1. The molecule has 1 saturated heterocycles. The predicted octanol–water partition coefficient (Wildman–Crippen LogP) is 3.27. The van der Waals surface area contributed by atoms with Gasteiger partial charge in [0.1, 0.15) is 23.4 Å². The van der Waals surface area contributed by atoms with Gasteiger partial charge in [-0.3, -0.25) is 13.9 Å². The number of imidazole rings is 1. The quantitative estimate of drug-likeness (QED) is 0.0821. The average molecular weight is 620 g/mol. The van der Waals surface area contributed by atoms with E-state index in [2.05, 4.69) is 30.1 Å². The summed E-state index contributed by atoms with van der Waals surface area (Å²) >= 11 is 0. The molecule has 0 radical (unpaired) electrons. The molecule has 43 heavy (non-hydrogen) atoms. The second-order valence-corrected chi connectivity index (χ2v) is 11.8. The molecule has 0 amide bonds. The first-order valence-corrected chi connectivity index (χ1v) is 14.9. The summed E-state index contributed by atoms with van der Waals surface area (Å²) in [5, 5.41) is 17.7. The van der Waals surface area contributed by atoms with E-state index in [4.69, 9.17) is 29.0 Å². The van der Waals surface area contributed by atoms with Crippen molar-refractivity contribution in [3.8, 4) is 11.6 Å². The van der Waals surface area contributed by atoms with Crippen molar-refractivity contribution >= 4 is 30.8 Å². The van der Waals surface area contributed by atoms with Crippen LogP contribution in [0.25, 0.3) is 21.6 Å². The Balaban J connectivity index is 1.63. The first kappa shape index (κ1) is 31.9. The van der Waals surface area contributed by atoms with E-state index in [1.54, 1.807) is 51.1 Å². The average Bonchev–Trinajstić information content (AvgIpc) is 3.46. The highest BCUT2D eigenvalue weighted by atomic mass is 31.2. The number of azide groups is 1. The number of nitrogens with two attached hydrogens (primary N) is 1. The molecular formula is C25H34N9O8P. The monoisotopic (exact) mass is 619 g/mol. The lowest BCUT2D eigenvalue weighted by atomic mass is 9.93. The minimum absolute atomic E-state index is 0.100. The number of hydrogen-bond acceptors (Lipinski definition) is 13. The standard InChI is InChI=1S/C25H34N9O8P/c1-6-38-21-18-20(29-24(26)30-21)34(13-28-18)23-25(5,32-33-27)19(35)17(41-23)12-39-43(37,42-16-10-8-7-9-11-16)31-15(4)22(36)40-14(2)3/h7-11,13-15,17,19,23,35H,6,12H2,1-5H3,(H,31,37)(H2,26,29,30)/t15-,17+,19+,23+,25+,43?/m0/s1. The van der Waals surface area contributed by atoms with E-state index in [0.717, 1.165) is 0 Å². The Morgan fingerprint density at radius 3 is 2.70 bits per heavy atom. The molecule has 232 valence electrons. The van der Waals surface area contributed by atoms with Crippen LogP contribution in [-0.4, -0.2) is 73.7 Å². The summed E-state index contributed by atoms with van der Waals surface area (Å²) in [5.74, 6) is -0.442. The summed E-state index contributed by atoms with van der Waals surface area (Å²) in [6.07, 6.45) is -2.88. The Bertz CT molecular complexity index is 1530. The molecule has 0 spiro atoms. The summed E-state index contributed by atoms with van der Waals surface area (Å²) in [5.41, 5.74) is 14.1.